The van der Waals surface area contributed by atoms with Crippen LogP contribution in [0.25, 0.3) is 0 Å². The molecule has 0 saturated carbocycles. The van der Waals surface area contributed by atoms with Gasteiger partial charge >= 0.3 is 0 Å². The smallest absolute Gasteiger partial charge is 0.176 e. The number of nitrogens with zero attached hydrogens (tertiary/aromatic N) is 1. The Morgan fingerprint density at radius 1 is 1.28 bits per heavy atom. The van der Waals surface area contributed by atoms with E-state index in [2.05, 4.69) is 20.8 Å². The molecule has 1 saturated heterocycles. The van der Waals surface area contributed by atoms with Crippen molar-refractivity contribution in [2.75, 3.05) is 19.6 Å². The van der Waals surface area contributed by atoms with Crippen molar-refractivity contribution in [2.45, 2.75) is 26.1 Å². The van der Waals surface area contributed by atoms with E-state index in [9.17, 15) is 4.79 Å². The van der Waals surface area contributed by atoms with E-state index in [-0.39, 0.29) is 18.0 Å². The molecule has 0 unspecified atom stereocenters. The number of halogens is 1. The van der Waals surface area contributed by atoms with Crippen molar-refractivity contribution < 1.29 is 9.53 Å². The van der Waals surface area contributed by atoms with Crippen LogP contribution in [0.15, 0.2) is 28.7 Å². The molecule has 1 heterocycles. The first-order valence-corrected chi connectivity index (χ1v) is 7.00. The van der Waals surface area contributed by atoms with Crippen molar-refractivity contribution in [3.8, 4) is 0 Å². The molecular weight excluding hydrogens is 294 g/mol. The lowest BCUT2D eigenvalue weighted by atomic mass is 10.1. The van der Waals surface area contributed by atoms with Crippen LogP contribution in [0.5, 0.6) is 0 Å². The molecule has 1 aliphatic rings. The molecule has 2 rings (SSSR count). The van der Waals surface area contributed by atoms with Crippen molar-refractivity contribution in [3.05, 3.63) is 34.3 Å². The normalized spacial score (nSPS) is 25.1. The van der Waals surface area contributed by atoms with Crippen LogP contribution in [-0.4, -0.2) is 42.5 Å². The van der Waals surface area contributed by atoms with Gasteiger partial charge in [-0.25, -0.2) is 0 Å². The van der Waals surface area contributed by atoms with E-state index in [1.54, 1.807) is 0 Å². The second-order valence-electron chi connectivity index (χ2n) is 4.88. The van der Waals surface area contributed by atoms with Crippen LogP contribution < -0.4 is 0 Å². The van der Waals surface area contributed by atoms with E-state index in [0.717, 1.165) is 23.1 Å². The number of carbonyl (C=O) groups excluding carboxylic acids is 1. The van der Waals surface area contributed by atoms with Gasteiger partial charge in [-0.1, -0.05) is 28.1 Å². The summed E-state index contributed by atoms with van der Waals surface area (Å²) >= 11 is 3.37. The first-order valence-electron chi connectivity index (χ1n) is 6.21. The maximum Gasteiger partial charge on any atom is 0.176 e. The Balaban J connectivity index is 1.96. The minimum absolute atomic E-state index is 0.170. The largest absolute Gasteiger partial charge is 0.373 e. The van der Waals surface area contributed by atoms with E-state index in [0.29, 0.717) is 6.54 Å². The van der Waals surface area contributed by atoms with Crippen molar-refractivity contribution in [1.29, 1.82) is 0 Å². The van der Waals surface area contributed by atoms with Gasteiger partial charge < -0.3 is 4.74 Å². The predicted octanol–water partition coefficient (Wildman–Crippen LogP) is 2.74. The average molecular weight is 312 g/mol. The number of benzene rings is 1. The van der Waals surface area contributed by atoms with Gasteiger partial charge in [0.15, 0.2) is 5.78 Å². The van der Waals surface area contributed by atoms with Gasteiger partial charge in [0.05, 0.1) is 18.8 Å². The minimum Gasteiger partial charge on any atom is -0.373 e. The Labute approximate surface area is 116 Å². The molecule has 0 aliphatic carbocycles. The number of morpholine rings is 1. The summed E-state index contributed by atoms with van der Waals surface area (Å²) < 4.78 is 6.65. The third-order valence-corrected chi connectivity index (χ3v) is 3.56. The summed E-state index contributed by atoms with van der Waals surface area (Å²) in [5, 5.41) is 0. The fraction of sp³-hybridized carbons (Fsp3) is 0.500. The van der Waals surface area contributed by atoms with Crippen LogP contribution in [0.3, 0.4) is 0 Å². The van der Waals surface area contributed by atoms with Gasteiger partial charge in [0.25, 0.3) is 0 Å². The van der Waals surface area contributed by atoms with E-state index in [4.69, 9.17) is 4.74 Å². The fourth-order valence-corrected chi connectivity index (χ4v) is 2.61. The standard InChI is InChI=1S/C14H18BrNO2/c1-10-7-16(8-11(2)18-10)9-14(17)12-3-5-13(15)6-4-12/h3-6,10-11H,7-9H2,1-2H3/t10-,11-/m1/s1. The van der Waals surface area contributed by atoms with Gasteiger partial charge in [-0.15, -0.1) is 0 Å². The molecule has 0 radical (unpaired) electrons. The summed E-state index contributed by atoms with van der Waals surface area (Å²) in [5.41, 5.74) is 0.769. The van der Waals surface area contributed by atoms with Crippen molar-refractivity contribution in [2.24, 2.45) is 0 Å². The minimum atomic E-state index is 0.170. The molecule has 0 bridgehead atoms. The number of Topliss-reactive ketones (excluding diaryl/α,β-unsaturated/α-hetero) is 1. The molecule has 98 valence electrons. The van der Waals surface area contributed by atoms with E-state index >= 15 is 0 Å². The first kappa shape index (κ1) is 13.7. The number of ketones is 1. The summed E-state index contributed by atoms with van der Waals surface area (Å²) in [6, 6.07) is 7.52. The quantitative estimate of drug-likeness (QED) is 0.804. The highest BCUT2D eigenvalue weighted by atomic mass is 79.9. The second kappa shape index (κ2) is 5.95. The monoisotopic (exact) mass is 311 g/mol. The van der Waals surface area contributed by atoms with Crippen molar-refractivity contribution in [1.82, 2.24) is 4.90 Å². The maximum atomic E-state index is 12.1. The van der Waals surface area contributed by atoms with Gasteiger partial charge in [0.1, 0.15) is 0 Å². The van der Waals surface area contributed by atoms with Gasteiger partial charge in [-0.2, -0.15) is 0 Å². The second-order valence-corrected chi connectivity index (χ2v) is 5.80. The summed E-state index contributed by atoms with van der Waals surface area (Å²) in [5.74, 6) is 0.170. The highest BCUT2D eigenvalue weighted by Crippen LogP contribution is 2.14. The molecule has 0 amide bonds. The Hall–Kier alpha value is -0.710. The molecule has 0 spiro atoms. The lowest BCUT2D eigenvalue weighted by Gasteiger charge is -2.34. The van der Waals surface area contributed by atoms with Crippen LogP contribution in [0, 0.1) is 0 Å². The van der Waals surface area contributed by atoms with Crippen LogP contribution in [-0.2, 0) is 4.74 Å². The Morgan fingerprint density at radius 3 is 2.39 bits per heavy atom. The average Bonchev–Trinajstić information content (AvgIpc) is 2.28. The number of hydrogen-bond acceptors (Lipinski definition) is 3. The third kappa shape index (κ3) is 3.64. The highest BCUT2D eigenvalue weighted by Gasteiger charge is 2.23. The van der Waals surface area contributed by atoms with Crippen LogP contribution in [0.4, 0.5) is 0 Å². The first-order chi connectivity index (χ1) is 8.54. The molecule has 1 fully saturated rings. The van der Waals surface area contributed by atoms with Gasteiger partial charge in [0, 0.05) is 23.1 Å². The lowest BCUT2D eigenvalue weighted by molar-refractivity contribution is -0.0652. The highest BCUT2D eigenvalue weighted by molar-refractivity contribution is 9.10. The zero-order valence-corrected chi connectivity index (χ0v) is 12.3. The van der Waals surface area contributed by atoms with E-state index in [1.165, 1.54) is 0 Å². The lowest BCUT2D eigenvalue weighted by Crippen LogP contribution is -2.47. The number of ether oxygens (including phenoxy) is 1. The zero-order valence-electron chi connectivity index (χ0n) is 10.7. The Morgan fingerprint density at radius 2 is 1.83 bits per heavy atom. The van der Waals surface area contributed by atoms with Crippen LogP contribution in [0.1, 0.15) is 24.2 Å². The zero-order chi connectivity index (χ0) is 13.1. The van der Waals surface area contributed by atoms with E-state index in [1.807, 2.05) is 38.1 Å². The van der Waals surface area contributed by atoms with Crippen LogP contribution >= 0.6 is 15.9 Å². The van der Waals surface area contributed by atoms with Gasteiger partial charge in [0.2, 0.25) is 0 Å². The predicted molar refractivity (Wildman–Crippen MR) is 74.9 cm³/mol. The molecule has 0 aromatic heterocycles. The Bertz CT molecular complexity index is 408. The van der Waals surface area contributed by atoms with Crippen LogP contribution in [0.2, 0.25) is 0 Å². The molecule has 2 atom stereocenters. The summed E-state index contributed by atoms with van der Waals surface area (Å²) in [7, 11) is 0. The molecule has 1 aliphatic heterocycles. The van der Waals surface area contributed by atoms with Crippen molar-refractivity contribution in [3.63, 3.8) is 0 Å². The molecule has 18 heavy (non-hydrogen) atoms. The van der Waals surface area contributed by atoms with Gasteiger partial charge in [-0.05, 0) is 26.0 Å². The third-order valence-electron chi connectivity index (χ3n) is 3.03. The molecule has 1 aromatic carbocycles. The SMILES string of the molecule is C[C@@H]1CN(CC(=O)c2ccc(Br)cc2)C[C@@H](C)O1. The molecular formula is C14H18BrNO2. The maximum absolute atomic E-state index is 12.1. The molecule has 0 N–H and O–H groups in total. The van der Waals surface area contributed by atoms with E-state index < -0.39 is 0 Å². The molecule has 4 heteroatoms. The number of rotatable bonds is 3. The van der Waals surface area contributed by atoms with Crippen molar-refractivity contribution >= 4 is 21.7 Å². The Kier molecular flexibility index (Phi) is 4.54. The topological polar surface area (TPSA) is 29.5 Å². The number of hydrogen-bond donors (Lipinski definition) is 0. The summed E-state index contributed by atoms with van der Waals surface area (Å²) in [6.45, 7) is 6.22. The number of carbonyl (C=O) groups is 1. The molecule has 1 aromatic rings. The fourth-order valence-electron chi connectivity index (χ4n) is 2.34. The van der Waals surface area contributed by atoms with Gasteiger partial charge in [-0.3, -0.25) is 9.69 Å². The summed E-state index contributed by atoms with van der Waals surface area (Å²) in [6.07, 6.45) is 0.401. The summed E-state index contributed by atoms with van der Waals surface area (Å²) in [4.78, 5) is 14.3. The molecule has 3 nitrogen and oxygen atoms in total.